The molecule has 0 amide bonds. The summed E-state index contributed by atoms with van der Waals surface area (Å²) in [6, 6.07) is 0. The second kappa shape index (κ2) is 5.84. The second-order valence-electron chi connectivity index (χ2n) is 3.84. The molecule has 0 aromatic heterocycles. The second-order valence-corrected chi connectivity index (χ2v) is 3.84. The molecule has 0 saturated heterocycles. The summed E-state index contributed by atoms with van der Waals surface area (Å²) < 4.78 is 5.19. The minimum Gasteiger partial charge on any atom is -0.431 e. The van der Waals surface area contributed by atoms with E-state index in [0.717, 1.165) is 25.0 Å². The molecule has 0 atom stereocenters. The summed E-state index contributed by atoms with van der Waals surface area (Å²) in [5.41, 5.74) is 1.21. The molecule has 14 heavy (non-hydrogen) atoms. The number of esters is 1. The Morgan fingerprint density at radius 2 is 2.00 bits per heavy atom. The Bertz CT molecular complexity index is 228. The van der Waals surface area contributed by atoms with Gasteiger partial charge in [-0.1, -0.05) is 33.1 Å². The maximum atomic E-state index is 11.0. The monoisotopic (exact) mass is 196 g/mol. The molecule has 1 aliphatic rings. The zero-order chi connectivity index (χ0) is 10.4. The highest BCUT2D eigenvalue weighted by atomic mass is 16.5. The van der Waals surface area contributed by atoms with Crippen LogP contribution in [-0.2, 0) is 9.53 Å². The first-order valence-electron chi connectivity index (χ1n) is 5.69. The molecule has 0 saturated carbocycles. The quantitative estimate of drug-likeness (QED) is 0.479. The predicted octanol–water partition coefficient (Wildman–Crippen LogP) is 3.57. The van der Waals surface area contributed by atoms with E-state index in [1.807, 2.05) is 0 Å². The van der Waals surface area contributed by atoms with E-state index < -0.39 is 0 Å². The molecule has 0 aromatic carbocycles. The van der Waals surface area contributed by atoms with Crippen molar-refractivity contribution in [3.05, 3.63) is 11.3 Å². The minimum atomic E-state index is -0.0626. The molecule has 0 aliphatic carbocycles. The lowest BCUT2D eigenvalue weighted by molar-refractivity contribution is -0.136. The molecular weight excluding hydrogens is 176 g/mol. The van der Waals surface area contributed by atoms with Gasteiger partial charge in [0.2, 0.25) is 0 Å². The fourth-order valence-electron chi connectivity index (χ4n) is 1.78. The van der Waals surface area contributed by atoms with Gasteiger partial charge in [-0.05, 0) is 18.4 Å². The fourth-order valence-corrected chi connectivity index (χ4v) is 1.78. The molecule has 0 N–H and O–H groups in total. The van der Waals surface area contributed by atoms with Crippen molar-refractivity contribution in [2.45, 2.75) is 58.8 Å². The summed E-state index contributed by atoms with van der Waals surface area (Å²) in [7, 11) is 0. The molecule has 0 fully saturated rings. The summed E-state index contributed by atoms with van der Waals surface area (Å²) in [5, 5.41) is 0. The van der Waals surface area contributed by atoms with E-state index in [1.54, 1.807) is 0 Å². The predicted molar refractivity (Wildman–Crippen MR) is 56.8 cm³/mol. The van der Waals surface area contributed by atoms with E-state index in [9.17, 15) is 4.79 Å². The van der Waals surface area contributed by atoms with Gasteiger partial charge in [-0.3, -0.25) is 4.79 Å². The average Bonchev–Trinajstić information content (AvgIpc) is 2.54. The zero-order valence-electron chi connectivity index (χ0n) is 9.27. The summed E-state index contributed by atoms with van der Waals surface area (Å²) in [6.45, 7) is 4.29. The van der Waals surface area contributed by atoms with Gasteiger partial charge < -0.3 is 4.74 Å². The van der Waals surface area contributed by atoms with Crippen LogP contribution in [0.3, 0.4) is 0 Å². The molecule has 1 rings (SSSR count). The lowest BCUT2D eigenvalue weighted by Gasteiger charge is -2.03. The molecule has 2 heteroatoms. The van der Waals surface area contributed by atoms with Gasteiger partial charge >= 0.3 is 5.97 Å². The molecule has 2 nitrogen and oxygen atoms in total. The first-order valence-corrected chi connectivity index (χ1v) is 5.69. The lowest BCUT2D eigenvalue weighted by atomic mass is 10.1. The zero-order valence-corrected chi connectivity index (χ0v) is 9.27. The Balaban J connectivity index is 2.31. The number of cyclic esters (lactones) is 1. The number of unbranched alkanes of at least 4 members (excludes halogenated alkanes) is 3. The van der Waals surface area contributed by atoms with Crippen LogP contribution in [0.4, 0.5) is 0 Å². The number of hydrogen-bond acceptors (Lipinski definition) is 2. The Morgan fingerprint density at radius 1 is 1.21 bits per heavy atom. The van der Waals surface area contributed by atoms with Crippen molar-refractivity contribution in [2.24, 2.45) is 0 Å². The molecule has 0 bridgehead atoms. The molecular formula is C12H20O2. The Morgan fingerprint density at radius 3 is 2.64 bits per heavy atom. The van der Waals surface area contributed by atoms with Crippen LogP contribution in [0, 0.1) is 0 Å². The Labute approximate surface area is 86.3 Å². The third-order valence-corrected chi connectivity index (χ3v) is 2.67. The highest BCUT2D eigenvalue weighted by Crippen LogP contribution is 2.27. The molecule has 0 spiro atoms. The number of carbonyl (C=O) groups is 1. The maximum Gasteiger partial charge on any atom is 0.315 e. The van der Waals surface area contributed by atoms with Gasteiger partial charge in [-0.25, -0.2) is 0 Å². The van der Waals surface area contributed by atoms with Crippen LogP contribution in [0.1, 0.15) is 58.8 Å². The molecule has 1 heterocycles. The van der Waals surface area contributed by atoms with Crippen LogP contribution in [0.15, 0.2) is 11.3 Å². The summed E-state index contributed by atoms with van der Waals surface area (Å²) in [4.78, 5) is 11.0. The third kappa shape index (κ3) is 3.17. The van der Waals surface area contributed by atoms with Gasteiger partial charge in [0, 0.05) is 6.42 Å². The highest BCUT2D eigenvalue weighted by molar-refractivity contribution is 5.76. The van der Waals surface area contributed by atoms with Gasteiger partial charge in [-0.2, -0.15) is 0 Å². The number of allylic oxidation sites excluding steroid dienone is 1. The van der Waals surface area contributed by atoms with Crippen LogP contribution in [0.2, 0.25) is 0 Å². The van der Waals surface area contributed by atoms with Gasteiger partial charge in [0.1, 0.15) is 5.76 Å². The fraction of sp³-hybridized carbons (Fsp3) is 0.750. The largest absolute Gasteiger partial charge is 0.431 e. The molecule has 0 unspecified atom stereocenters. The van der Waals surface area contributed by atoms with Crippen molar-refractivity contribution in [3.8, 4) is 0 Å². The van der Waals surface area contributed by atoms with Crippen molar-refractivity contribution in [3.63, 3.8) is 0 Å². The van der Waals surface area contributed by atoms with Crippen molar-refractivity contribution < 1.29 is 9.53 Å². The van der Waals surface area contributed by atoms with Gasteiger partial charge in [0.25, 0.3) is 0 Å². The van der Waals surface area contributed by atoms with Crippen molar-refractivity contribution in [1.82, 2.24) is 0 Å². The van der Waals surface area contributed by atoms with Crippen LogP contribution in [0.25, 0.3) is 0 Å². The molecule has 0 radical (unpaired) electrons. The van der Waals surface area contributed by atoms with Crippen LogP contribution in [0.5, 0.6) is 0 Å². The van der Waals surface area contributed by atoms with Crippen LogP contribution < -0.4 is 0 Å². The standard InChI is InChI=1S/C12H20O2/c1-3-5-6-7-8-11-10(4-2)9-12(13)14-11/h3-9H2,1-2H3. The molecule has 80 valence electrons. The van der Waals surface area contributed by atoms with E-state index in [-0.39, 0.29) is 5.97 Å². The van der Waals surface area contributed by atoms with E-state index in [0.29, 0.717) is 6.42 Å². The summed E-state index contributed by atoms with van der Waals surface area (Å²) in [6.07, 6.45) is 7.36. The van der Waals surface area contributed by atoms with Crippen LogP contribution in [-0.4, -0.2) is 5.97 Å². The van der Waals surface area contributed by atoms with Gasteiger partial charge in [-0.15, -0.1) is 0 Å². The van der Waals surface area contributed by atoms with Crippen molar-refractivity contribution in [1.29, 1.82) is 0 Å². The topological polar surface area (TPSA) is 26.3 Å². The van der Waals surface area contributed by atoms with Gasteiger partial charge in [0.05, 0.1) is 6.42 Å². The van der Waals surface area contributed by atoms with E-state index in [1.165, 1.54) is 24.8 Å². The number of rotatable bonds is 6. The lowest BCUT2D eigenvalue weighted by Crippen LogP contribution is -1.93. The number of hydrogen-bond donors (Lipinski definition) is 0. The molecule has 0 aromatic rings. The van der Waals surface area contributed by atoms with Crippen molar-refractivity contribution >= 4 is 5.97 Å². The Kier molecular flexibility index (Phi) is 4.71. The van der Waals surface area contributed by atoms with E-state index >= 15 is 0 Å². The number of ether oxygens (including phenoxy) is 1. The summed E-state index contributed by atoms with van der Waals surface area (Å²) >= 11 is 0. The minimum absolute atomic E-state index is 0.0626. The van der Waals surface area contributed by atoms with Crippen LogP contribution >= 0.6 is 0 Å². The smallest absolute Gasteiger partial charge is 0.315 e. The van der Waals surface area contributed by atoms with E-state index in [2.05, 4.69) is 13.8 Å². The van der Waals surface area contributed by atoms with Crippen molar-refractivity contribution in [2.75, 3.05) is 0 Å². The first-order chi connectivity index (χ1) is 6.77. The van der Waals surface area contributed by atoms with Gasteiger partial charge in [0.15, 0.2) is 0 Å². The normalized spacial score (nSPS) is 16.3. The average molecular weight is 196 g/mol. The highest BCUT2D eigenvalue weighted by Gasteiger charge is 2.21. The summed E-state index contributed by atoms with van der Waals surface area (Å²) in [5.74, 6) is 0.904. The third-order valence-electron chi connectivity index (χ3n) is 2.67. The SMILES string of the molecule is CCCCCCC1=C(CC)CC(=O)O1. The Hall–Kier alpha value is -0.790. The van der Waals surface area contributed by atoms with E-state index in [4.69, 9.17) is 4.74 Å². The molecule has 1 aliphatic heterocycles. The first kappa shape index (κ1) is 11.3. The number of carbonyl (C=O) groups excluding carboxylic acids is 1. The maximum absolute atomic E-state index is 11.0.